The summed E-state index contributed by atoms with van der Waals surface area (Å²) in [6, 6.07) is 5.24. The Morgan fingerprint density at radius 1 is 0.976 bits per heavy atom. The molecule has 42 heavy (non-hydrogen) atoms. The van der Waals surface area contributed by atoms with Gasteiger partial charge in [0.2, 0.25) is 11.8 Å². The van der Waals surface area contributed by atoms with Gasteiger partial charge in [-0.25, -0.2) is 0 Å². The van der Waals surface area contributed by atoms with Crippen LogP contribution in [-0.4, -0.2) is 52.6 Å². The second-order valence-corrected chi connectivity index (χ2v) is 13.3. The number of carbonyl (C=O) groups excluding carboxylic acids is 4. The molecular weight excluding hydrogens is 560 g/mol. The van der Waals surface area contributed by atoms with Crippen molar-refractivity contribution in [3.05, 3.63) is 29.3 Å². The van der Waals surface area contributed by atoms with E-state index < -0.39 is 41.4 Å². The van der Waals surface area contributed by atoms with Gasteiger partial charge >= 0.3 is 5.97 Å². The average Bonchev–Trinajstić information content (AvgIpc) is 3.61. The van der Waals surface area contributed by atoms with Gasteiger partial charge in [0.15, 0.2) is 5.78 Å². The lowest BCUT2D eigenvalue weighted by Gasteiger charge is -2.32. The number of carboxylic acid groups (broad SMARTS) is 1. The molecule has 3 fully saturated rings. The van der Waals surface area contributed by atoms with Crippen molar-refractivity contribution < 1.29 is 33.8 Å². The van der Waals surface area contributed by atoms with E-state index in [0.29, 0.717) is 23.6 Å². The van der Waals surface area contributed by atoms with Gasteiger partial charge in [-0.15, -0.1) is 0 Å². The first kappa shape index (κ1) is 32.0. The van der Waals surface area contributed by atoms with E-state index in [0.717, 1.165) is 32.1 Å². The highest BCUT2D eigenvalue weighted by molar-refractivity contribution is 6.30. The smallest absolute Gasteiger partial charge is 0.310 e. The fraction of sp³-hybridized carbons (Fsp3) is 0.656. The van der Waals surface area contributed by atoms with Crippen LogP contribution in [0.25, 0.3) is 0 Å². The third kappa shape index (κ3) is 7.71. The largest absolute Gasteiger partial charge is 0.490 e. The minimum Gasteiger partial charge on any atom is -0.490 e. The fourth-order valence-corrected chi connectivity index (χ4v) is 6.80. The number of amides is 2. The third-order valence-electron chi connectivity index (χ3n) is 9.27. The Kier molecular flexibility index (Phi) is 10.3. The predicted octanol–water partition coefficient (Wildman–Crippen LogP) is 4.73. The number of benzene rings is 1. The molecule has 0 spiro atoms. The molecule has 3 aliphatic rings. The van der Waals surface area contributed by atoms with Gasteiger partial charge in [-0.3, -0.25) is 24.0 Å². The van der Waals surface area contributed by atoms with E-state index in [4.69, 9.17) is 16.3 Å². The summed E-state index contributed by atoms with van der Waals surface area (Å²) in [6.45, 7) is 5.06. The summed E-state index contributed by atoms with van der Waals surface area (Å²) < 4.78 is 6.15. The first-order chi connectivity index (χ1) is 19.9. The maximum absolute atomic E-state index is 14.2. The maximum atomic E-state index is 14.2. The highest BCUT2D eigenvalue weighted by Gasteiger charge is 2.54. The summed E-state index contributed by atoms with van der Waals surface area (Å²) >= 11 is 6.01. The summed E-state index contributed by atoms with van der Waals surface area (Å²) in [7, 11) is 0. The van der Waals surface area contributed by atoms with Gasteiger partial charge in [-0.1, -0.05) is 44.7 Å². The molecule has 1 unspecified atom stereocenters. The van der Waals surface area contributed by atoms with E-state index in [9.17, 15) is 29.1 Å². The van der Waals surface area contributed by atoms with Crippen LogP contribution in [0.5, 0.6) is 5.75 Å². The fourth-order valence-electron chi connectivity index (χ4n) is 6.67. The number of Topliss-reactive ketones (excluding diaryl/α,β-unsaturated/α-hetero) is 2. The molecule has 0 aliphatic heterocycles. The van der Waals surface area contributed by atoms with Crippen LogP contribution >= 0.6 is 11.6 Å². The number of hydrogen-bond acceptors (Lipinski definition) is 6. The number of carboxylic acids is 1. The first-order valence-electron chi connectivity index (χ1n) is 15.2. The van der Waals surface area contributed by atoms with Crippen molar-refractivity contribution in [1.29, 1.82) is 0 Å². The summed E-state index contributed by atoms with van der Waals surface area (Å²) in [5, 5.41) is 16.0. The van der Waals surface area contributed by atoms with Gasteiger partial charge in [0.25, 0.3) is 0 Å². The van der Waals surface area contributed by atoms with Crippen molar-refractivity contribution >= 4 is 41.0 Å². The molecule has 230 valence electrons. The Bertz CT molecular complexity index is 1170. The SMILES string of the molecule is CC(=O)N[C@H](C(=O)N[C@H](C(=O)C1C[C@H](Oc2ccc(Cl)cc2)C[C@H]1C(=O)CC1(C(=O)O)CC1)C(C)C)C1CCCCC1. The molecule has 9 nitrogen and oxygen atoms in total. The third-order valence-corrected chi connectivity index (χ3v) is 9.52. The van der Waals surface area contributed by atoms with Crippen LogP contribution in [0.1, 0.15) is 85.0 Å². The number of carbonyl (C=O) groups is 5. The van der Waals surface area contributed by atoms with Gasteiger partial charge in [0.1, 0.15) is 23.7 Å². The lowest BCUT2D eigenvalue weighted by Crippen LogP contribution is -2.56. The Labute approximate surface area is 252 Å². The molecule has 3 saturated carbocycles. The van der Waals surface area contributed by atoms with E-state index in [2.05, 4.69) is 10.6 Å². The minimum absolute atomic E-state index is 0.00530. The molecule has 0 bridgehead atoms. The average molecular weight is 603 g/mol. The van der Waals surface area contributed by atoms with E-state index in [-0.39, 0.29) is 54.5 Å². The number of hydrogen-bond donors (Lipinski definition) is 3. The Hall–Kier alpha value is -2.94. The van der Waals surface area contributed by atoms with Gasteiger partial charge in [-0.2, -0.15) is 0 Å². The van der Waals surface area contributed by atoms with Crippen LogP contribution in [0.4, 0.5) is 0 Å². The molecule has 0 aromatic heterocycles. The normalized spacial score (nSPS) is 24.8. The van der Waals surface area contributed by atoms with E-state index in [1.54, 1.807) is 24.3 Å². The van der Waals surface area contributed by atoms with Crippen molar-refractivity contribution in [2.45, 2.75) is 103 Å². The second kappa shape index (κ2) is 13.6. The summed E-state index contributed by atoms with van der Waals surface area (Å²) in [6.07, 6.45) is 5.61. The highest BCUT2D eigenvalue weighted by Crippen LogP contribution is 2.51. The van der Waals surface area contributed by atoms with Crippen molar-refractivity contribution in [1.82, 2.24) is 10.6 Å². The maximum Gasteiger partial charge on any atom is 0.310 e. The van der Waals surface area contributed by atoms with Gasteiger partial charge < -0.3 is 20.5 Å². The number of nitrogens with one attached hydrogen (secondary N) is 2. The predicted molar refractivity (Wildman–Crippen MR) is 157 cm³/mol. The quantitative estimate of drug-likeness (QED) is 0.296. The molecule has 1 aromatic rings. The molecule has 0 saturated heterocycles. The molecule has 2 amide bonds. The standard InChI is InChI=1S/C32H43ClN2O7/c1-18(2)27(35-30(39)28(34-19(3)36)20-7-5-4-6-8-20)29(38)25-16-23(42-22-11-9-21(33)10-12-22)15-24(25)26(37)17-32(13-14-32)31(40)41/h9-12,18,20,23-25,27-28H,4-8,13-17H2,1-3H3,(H,34,36)(H,35,39)(H,40,41)/t23-,24-,25?,27+,28+/m1/s1. The summed E-state index contributed by atoms with van der Waals surface area (Å²) in [4.78, 5) is 65.2. The van der Waals surface area contributed by atoms with Gasteiger partial charge in [0, 0.05) is 30.2 Å². The Morgan fingerprint density at radius 3 is 2.14 bits per heavy atom. The molecule has 3 N–H and O–H groups in total. The molecule has 0 heterocycles. The number of rotatable bonds is 13. The summed E-state index contributed by atoms with van der Waals surface area (Å²) in [5.41, 5.74) is -1.04. The second-order valence-electron chi connectivity index (χ2n) is 12.8. The topological polar surface area (TPSA) is 139 Å². The minimum atomic E-state index is -1.04. The van der Waals surface area contributed by atoms with Gasteiger partial charge in [0.05, 0.1) is 11.5 Å². The van der Waals surface area contributed by atoms with Crippen molar-refractivity contribution in [3.8, 4) is 5.75 Å². The molecule has 1 aromatic carbocycles. The monoisotopic (exact) mass is 602 g/mol. The zero-order valence-electron chi connectivity index (χ0n) is 24.7. The van der Waals surface area contributed by atoms with Crippen LogP contribution in [0, 0.1) is 29.1 Å². The van der Waals surface area contributed by atoms with Crippen LogP contribution in [0.3, 0.4) is 0 Å². The molecule has 5 atom stereocenters. The number of ether oxygens (including phenoxy) is 1. The van der Waals surface area contributed by atoms with Gasteiger partial charge in [-0.05, 0) is 74.6 Å². The Morgan fingerprint density at radius 2 is 1.60 bits per heavy atom. The van der Waals surface area contributed by atoms with Crippen LogP contribution in [0.15, 0.2) is 24.3 Å². The van der Waals surface area contributed by atoms with Crippen LogP contribution in [0.2, 0.25) is 5.02 Å². The van der Waals surface area contributed by atoms with Crippen LogP contribution in [-0.2, 0) is 24.0 Å². The lowest BCUT2D eigenvalue weighted by atomic mass is 9.79. The molecule has 3 aliphatic carbocycles. The molecular formula is C32H43ClN2O7. The molecule has 10 heteroatoms. The highest BCUT2D eigenvalue weighted by atomic mass is 35.5. The van der Waals surface area contributed by atoms with E-state index in [1.165, 1.54) is 6.92 Å². The summed E-state index contributed by atoms with van der Waals surface area (Å²) in [5.74, 6) is -3.34. The number of ketones is 2. The zero-order valence-corrected chi connectivity index (χ0v) is 25.5. The van der Waals surface area contributed by atoms with E-state index in [1.807, 2.05) is 13.8 Å². The lowest BCUT2D eigenvalue weighted by molar-refractivity contribution is -0.146. The van der Waals surface area contributed by atoms with Crippen molar-refractivity contribution in [2.75, 3.05) is 0 Å². The van der Waals surface area contributed by atoms with Crippen molar-refractivity contribution in [2.24, 2.45) is 29.1 Å². The number of halogens is 1. The number of aliphatic carboxylic acids is 1. The molecule has 4 rings (SSSR count). The first-order valence-corrected chi connectivity index (χ1v) is 15.6. The Balaban J connectivity index is 1.54. The molecule has 0 radical (unpaired) electrons. The van der Waals surface area contributed by atoms with Crippen LogP contribution < -0.4 is 15.4 Å². The zero-order chi connectivity index (χ0) is 30.6. The van der Waals surface area contributed by atoms with Crippen molar-refractivity contribution in [3.63, 3.8) is 0 Å². The van der Waals surface area contributed by atoms with E-state index >= 15 is 0 Å².